The zero-order valence-electron chi connectivity index (χ0n) is 15.9. The number of amides is 1. The van der Waals surface area contributed by atoms with E-state index in [9.17, 15) is 13.2 Å². The molecule has 1 amide bonds. The number of nitrogens with zero attached hydrogens (tertiary/aromatic N) is 2. The molecule has 0 spiro atoms. The minimum Gasteiger partial charge on any atom is -0.298 e. The summed E-state index contributed by atoms with van der Waals surface area (Å²) < 4.78 is 27.1. The number of thiophene rings is 1. The smallest absolute Gasteiger partial charge is 0.257 e. The summed E-state index contributed by atoms with van der Waals surface area (Å²) in [6.07, 6.45) is 1.75. The number of sulfonamides is 1. The molecule has 1 N–H and O–H groups in total. The number of nitrogens with one attached hydrogen (secondary N) is 1. The molecule has 1 fully saturated rings. The molecule has 6 nitrogen and oxygen atoms in total. The quantitative estimate of drug-likeness (QED) is 0.623. The lowest BCUT2D eigenvalue weighted by Gasteiger charge is -2.29. The molecular weight excluding hydrogens is 426 g/mol. The SMILES string of the molecule is CC1CCN(S(=O)(=O)c2ccc(C(=O)Nc3nc(-c4cccs4)cs3)cc2)CC1. The number of aromatic nitrogens is 1. The van der Waals surface area contributed by atoms with Gasteiger partial charge in [-0.2, -0.15) is 4.31 Å². The first-order valence-electron chi connectivity index (χ1n) is 9.34. The van der Waals surface area contributed by atoms with Gasteiger partial charge >= 0.3 is 0 Å². The second-order valence-electron chi connectivity index (χ2n) is 7.08. The number of thiazole rings is 1. The average molecular weight is 448 g/mol. The van der Waals surface area contributed by atoms with E-state index in [-0.39, 0.29) is 10.8 Å². The van der Waals surface area contributed by atoms with Crippen molar-refractivity contribution in [2.75, 3.05) is 18.4 Å². The van der Waals surface area contributed by atoms with Gasteiger partial charge in [0.05, 0.1) is 15.5 Å². The Morgan fingerprint density at radius 3 is 2.52 bits per heavy atom. The standard InChI is InChI=1S/C20H21N3O3S3/c1-14-8-10-23(11-9-14)29(25,26)16-6-4-15(5-7-16)19(24)22-20-21-17(13-28-20)18-3-2-12-27-18/h2-7,12-14H,8-11H2,1H3,(H,21,22,24). The Balaban J connectivity index is 1.44. The van der Waals surface area contributed by atoms with Gasteiger partial charge in [-0.3, -0.25) is 10.1 Å². The van der Waals surface area contributed by atoms with Crippen molar-refractivity contribution < 1.29 is 13.2 Å². The van der Waals surface area contributed by atoms with Crippen LogP contribution in [0.4, 0.5) is 5.13 Å². The molecule has 0 atom stereocenters. The average Bonchev–Trinajstić information content (AvgIpc) is 3.40. The molecule has 4 rings (SSSR count). The number of rotatable bonds is 5. The largest absolute Gasteiger partial charge is 0.298 e. The van der Waals surface area contributed by atoms with E-state index in [0.29, 0.717) is 29.7 Å². The predicted octanol–water partition coefficient (Wildman–Crippen LogP) is 4.54. The molecule has 29 heavy (non-hydrogen) atoms. The summed E-state index contributed by atoms with van der Waals surface area (Å²) in [6, 6.07) is 10.0. The Hall–Kier alpha value is -2.07. The van der Waals surface area contributed by atoms with Crippen LogP contribution in [0.2, 0.25) is 0 Å². The molecule has 0 saturated carbocycles. The van der Waals surface area contributed by atoms with Crippen molar-refractivity contribution in [3.8, 4) is 10.6 Å². The molecule has 0 unspecified atom stereocenters. The van der Waals surface area contributed by atoms with Crippen LogP contribution in [0.15, 0.2) is 52.1 Å². The highest BCUT2D eigenvalue weighted by Crippen LogP contribution is 2.28. The zero-order valence-corrected chi connectivity index (χ0v) is 18.3. The first-order valence-corrected chi connectivity index (χ1v) is 12.5. The maximum absolute atomic E-state index is 12.8. The summed E-state index contributed by atoms with van der Waals surface area (Å²) >= 11 is 2.95. The Bertz CT molecular complexity index is 1080. The second kappa shape index (κ2) is 8.35. The van der Waals surface area contributed by atoms with Crippen LogP contribution in [0.25, 0.3) is 10.6 Å². The van der Waals surface area contributed by atoms with Gasteiger partial charge in [-0.1, -0.05) is 13.0 Å². The summed E-state index contributed by atoms with van der Waals surface area (Å²) in [5, 5.41) is 7.17. The summed E-state index contributed by atoms with van der Waals surface area (Å²) in [4.78, 5) is 18.2. The molecule has 1 saturated heterocycles. The molecule has 1 aliphatic rings. The molecule has 3 heterocycles. The van der Waals surface area contributed by atoms with Crippen LogP contribution >= 0.6 is 22.7 Å². The molecule has 152 valence electrons. The fraction of sp³-hybridized carbons (Fsp3) is 0.300. The lowest BCUT2D eigenvalue weighted by atomic mass is 10.0. The summed E-state index contributed by atoms with van der Waals surface area (Å²) in [5.74, 6) is 0.242. The van der Waals surface area contributed by atoms with Crippen molar-refractivity contribution in [2.45, 2.75) is 24.7 Å². The number of anilines is 1. The zero-order chi connectivity index (χ0) is 20.4. The molecule has 2 aromatic heterocycles. The molecule has 3 aromatic rings. The molecule has 9 heteroatoms. The lowest BCUT2D eigenvalue weighted by molar-refractivity contribution is 0.102. The third-order valence-corrected chi connectivity index (χ3v) is 8.56. The van der Waals surface area contributed by atoms with Crippen LogP contribution in [0.3, 0.4) is 0 Å². The first-order chi connectivity index (χ1) is 13.9. The van der Waals surface area contributed by atoms with Crippen molar-refractivity contribution >= 4 is 43.7 Å². The highest BCUT2D eigenvalue weighted by molar-refractivity contribution is 7.89. The Morgan fingerprint density at radius 1 is 1.14 bits per heavy atom. The highest BCUT2D eigenvalue weighted by atomic mass is 32.2. The van der Waals surface area contributed by atoms with Gasteiger partial charge in [0.15, 0.2) is 5.13 Å². The van der Waals surface area contributed by atoms with Crippen LogP contribution in [-0.4, -0.2) is 36.7 Å². The van der Waals surface area contributed by atoms with E-state index in [1.54, 1.807) is 23.5 Å². The van der Waals surface area contributed by atoms with Crippen molar-refractivity contribution in [1.82, 2.24) is 9.29 Å². The van der Waals surface area contributed by atoms with Crippen LogP contribution in [-0.2, 0) is 10.0 Å². The maximum Gasteiger partial charge on any atom is 0.257 e. The molecular formula is C20H21N3O3S3. The third kappa shape index (κ3) is 4.42. The fourth-order valence-corrected chi connectivity index (χ4v) is 6.13. The van der Waals surface area contributed by atoms with E-state index in [1.807, 2.05) is 22.9 Å². The normalized spacial score (nSPS) is 16.0. The van der Waals surface area contributed by atoms with Gasteiger partial charge in [0.25, 0.3) is 5.91 Å². The molecule has 1 aromatic carbocycles. The van der Waals surface area contributed by atoms with E-state index in [0.717, 1.165) is 23.4 Å². The minimum absolute atomic E-state index is 0.220. The number of carbonyl (C=O) groups is 1. The van der Waals surface area contributed by atoms with Crippen molar-refractivity contribution in [3.05, 3.63) is 52.7 Å². The van der Waals surface area contributed by atoms with Gasteiger partial charge < -0.3 is 0 Å². The summed E-state index contributed by atoms with van der Waals surface area (Å²) in [6.45, 7) is 3.23. The fourth-order valence-electron chi connectivity index (χ4n) is 3.19. The van der Waals surface area contributed by atoms with Gasteiger partial charge in [-0.15, -0.1) is 22.7 Å². The van der Waals surface area contributed by atoms with Gasteiger partial charge in [0.1, 0.15) is 0 Å². The number of piperidine rings is 1. The molecule has 0 bridgehead atoms. The number of benzene rings is 1. The molecule has 1 aliphatic heterocycles. The van der Waals surface area contributed by atoms with Crippen LogP contribution in [0, 0.1) is 5.92 Å². The topological polar surface area (TPSA) is 79.4 Å². The van der Waals surface area contributed by atoms with Gasteiger partial charge in [-0.25, -0.2) is 13.4 Å². The Kier molecular flexibility index (Phi) is 5.82. The molecule has 0 aliphatic carbocycles. The number of carbonyl (C=O) groups excluding carboxylic acids is 1. The van der Waals surface area contributed by atoms with Crippen LogP contribution in [0.1, 0.15) is 30.1 Å². The Labute approximate surface area is 178 Å². The second-order valence-corrected chi connectivity index (χ2v) is 10.8. The lowest BCUT2D eigenvalue weighted by Crippen LogP contribution is -2.37. The van der Waals surface area contributed by atoms with Crippen LogP contribution < -0.4 is 5.32 Å². The third-order valence-electron chi connectivity index (χ3n) is 5.00. The minimum atomic E-state index is -3.52. The summed E-state index contributed by atoms with van der Waals surface area (Å²) in [5.41, 5.74) is 1.22. The summed E-state index contributed by atoms with van der Waals surface area (Å²) in [7, 11) is -3.52. The number of hydrogen-bond acceptors (Lipinski definition) is 6. The van der Waals surface area contributed by atoms with Gasteiger partial charge in [-0.05, 0) is 54.5 Å². The predicted molar refractivity (Wildman–Crippen MR) is 117 cm³/mol. The van der Waals surface area contributed by atoms with Crippen molar-refractivity contribution in [3.63, 3.8) is 0 Å². The van der Waals surface area contributed by atoms with E-state index in [1.165, 1.54) is 27.8 Å². The maximum atomic E-state index is 12.8. The Morgan fingerprint density at radius 2 is 1.86 bits per heavy atom. The van der Waals surface area contributed by atoms with E-state index < -0.39 is 10.0 Å². The monoisotopic (exact) mass is 447 g/mol. The first kappa shape index (κ1) is 20.2. The van der Waals surface area contributed by atoms with Crippen molar-refractivity contribution in [1.29, 1.82) is 0 Å². The highest BCUT2D eigenvalue weighted by Gasteiger charge is 2.28. The van der Waals surface area contributed by atoms with Crippen molar-refractivity contribution in [2.24, 2.45) is 5.92 Å². The van der Waals surface area contributed by atoms with E-state index in [4.69, 9.17) is 0 Å². The molecule has 0 radical (unpaired) electrons. The van der Waals surface area contributed by atoms with E-state index >= 15 is 0 Å². The van der Waals surface area contributed by atoms with Crippen LogP contribution in [0.5, 0.6) is 0 Å². The number of hydrogen-bond donors (Lipinski definition) is 1. The van der Waals surface area contributed by atoms with Gasteiger partial charge in [0.2, 0.25) is 10.0 Å². The van der Waals surface area contributed by atoms with E-state index in [2.05, 4.69) is 17.2 Å². The van der Waals surface area contributed by atoms with Gasteiger partial charge in [0, 0.05) is 24.0 Å².